The van der Waals surface area contributed by atoms with Crippen LogP contribution in [0.25, 0.3) is 0 Å². The quantitative estimate of drug-likeness (QED) is 0.552. The number of fused-ring (bicyclic) bond motifs is 3. The molecular formula is C28H35F3N4O3. The third kappa shape index (κ3) is 5.71. The molecule has 0 aromatic heterocycles. The fraction of sp³-hybridized carbons (Fsp3) is 0.536. The maximum atomic E-state index is 13.5. The van der Waals surface area contributed by atoms with Crippen LogP contribution in [0.4, 0.5) is 24.5 Å². The van der Waals surface area contributed by atoms with Gasteiger partial charge in [-0.3, -0.25) is 9.69 Å². The number of halogens is 3. The third-order valence-corrected chi connectivity index (χ3v) is 7.86. The van der Waals surface area contributed by atoms with Crippen LogP contribution in [-0.2, 0) is 22.1 Å². The molecule has 0 radical (unpaired) electrons. The van der Waals surface area contributed by atoms with E-state index in [0.717, 1.165) is 62.5 Å². The van der Waals surface area contributed by atoms with E-state index in [0.29, 0.717) is 31.7 Å². The second kappa shape index (κ2) is 11.4. The molecule has 3 heterocycles. The molecule has 10 heteroatoms. The average Bonchev–Trinajstić information content (AvgIpc) is 2.94. The lowest BCUT2D eigenvalue weighted by atomic mass is 9.82. The summed E-state index contributed by atoms with van der Waals surface area (Å²) >= 11 is 0. The number of nitrogens with zero attached hydrogens (tertiary/aromatic N) is 3. The van der Waals surface area contributed by atoms with Crippen LogP contribution in [0.15, 0.2) is 42.5 Å². The van der Waals surface area contributed by atoms with Crippen molar-refractivity contribution in [1.82, 2.24) is 10.2 Å². The van der Waals surface area contributed by atoms with Crippen LogP contribution >= 0.6 is 0 Å². The Labute approximate surface area is 221 Å². The maximum Gasteiger partial charge on any atom is 0.416 e. The van der Waals surface area contributed by atoms with E-state index < -0.39 is 17.7 Å². The van der Waals surface area contributed by atoms with Gasteiger partial charge in [0.15, 0.2) is 0 Å². The summed E-state index contributed by atoms with van der Waals surface area (Å²) in [4.78, 5) is 20.2. The summed E-state index contributed by atoms with van der Waals surface area (Å²) in [6, 6.07) is 11.6. The zero-order valence-electron chi connectivity index (χ0n) is 21.7. The molecule has 0 spiro atoms. The number of carbonyl (C=O) groups is 1. The van der Waals surface area contributed by atoms with Gasteiger partial charge in [-0.1, -0.05) is 12.1 Å². The minimum atomic E-state index is -4.42. The number of carbonyl (C=O) groups excluding carboxylic acids is 1. The lowest BCUT2D eigenvalue weighted by Crippen LogP contribution is -2.61. The molecule has 206 valence electrons. The van der Waals surface area contributed by atoms with Crippen molar-refractivity contribution in [3.63, 3.8) is 0 Å². The topological polar surface area (TPSA) is 57.3 Å². The number of benzene rings is 2. The molecule has 2 aromatic carbocycles. The Bertz CT molecular complexity index is 1120. The summed E-state index contributed by atoms with van der Waals surface area (Å²) in [5.41, 5.74) is 1.65. The van der Waals surface area contributed by atoms with Crippen molar-refractivity contribution >= 4 is 17.3 Å². The fourth-order valence-electron chi connectivity index (χ4n) is 5.88. The van der Waals surface area contributed by atoms with Crippen LogP contribution in [-0.4, -0.2) is 83.0 Å². The first kappa shape index (κ1) is 26.6. The molecular weight excluding hydrogens is 497 g/mol. The number of para-hydroxylation sites is 2. The van der Waals surface area contributed by atoms with Gasteiger partial charge in [-0.15, -0.1) is 0 Å². The number of anilines is 2. The zero-order chi connectivity index (χ0) is 26.7. The van der Waals surface area contributed by atoms with Gasteiger partial charge in [-0.25, -0.2) is 0 Å². The van der Waals surface area contributed by atoms with Gasteiger partial charge in [0.2, 0.25) is 5.91 Å². The van der Waals surface area contributed by atoms with Crippen molar-refractivity contribution in [2.75, 3.05) is 75.9 Å². The number of alkyl halides is 3. The van der Waals surface area contributed by atoms with Crippen LogP contribution in [0.2, 0.25) is 0 Å². The van der Waals surface area contributed by atoms with E-state index in [4.69, 9.17) is 9.47 Å². The second-order valence-corrected chi connectivity index (χ2v) is 10.1. The molecule has 0 aliphatic carbocycles. The average molecular weight is 533 g/mol. The van der Waals surface area contributed by atoms with E-state index >= 15 is 0 Å². The second-order valence-electron chi connectivity index (χ2n) is 10.1. The van der Waals surface area contributed by atoms with Gasteiger partial charge in [-0.05, 0) is 55.3 Å². The Balaban J connectivity index is 1.35. The molecule has 0 unspecified atom stereocenters. The van der Waals surface area contributed by atoms with Gasteiger partial charge < -0.3 is 24.6 Å². The lowest BCUT2D eigenvalue weighted by molar-refractivity contribution is -0.137. The van der Waals surface area contributed by atoms with Crippen molar-refractivity contribution in [2.24, 2.45) is 5.92 Å². The summed E-state index contributed by atoms with van der Waals surface area (Å²) in [5, 5.41) is 3.09. The highest BCUT2D eigenvalue weighted by atomic mass is 19.4. The summed E-state index contributed by atoms with van der Waals surface area (Å²) < 4.78 is 51.4. The highest BCUT2D eigenvalue weighted by Crippen LogP contribution is 2.41. The highest BCUT2D eigenvalue weighted by Gasteiger charge is 2.43. The number of hydrogen-bond acceptors (Lipinski definition) is 6. The number of piperazine rings is 1. The first-order valence-electron chi connectivity index (χ1n) is 13.3. The van der Waals surface area contributed by atoms with E-state index in [1.165, 1.54) is 6.07 Å². The van der Waals surface area contributed by atoms with Crippen molar-refractivity contribution in [3.05, 3.63) is 53.6 Å². The molecule has 2 atom stereocenters. The molecule has 1 N–H and O–H groups in total. The van der Waals surface area contributed by atoms with Crippen molar-refractivity contribution in [3.8, 4) is 5.75 Å². The maximum absolute atomic E-state index is 13.5. The Kier molecular flexibility index (Phi) is 7.99. The summed E-state index contributed by atoms with van der Waals surface area (Å²) in [7, 11) is 1.64. The standard InChI is InChI=1S/C28H35F3N4O3/c1-37-26-6-3-2-5-24(26)34-11-12-35-23-8-7-21(28(29,30)31)17-20(23)18-22(25(35)19-34)27(36)32-9-4-10-33-13-15-38-16-14-33/h2-3,5-8,17,22,25H,4,9-16,18-19H2,1H3,(H,32,36)/t22-,25-/m0/s1. The van der Waals surface area contributed by atoms with Crippen LogP contribution in [0, 0.1) is 5.92 Å². The summed E-state index contributed by atoms with van der Waals surface area (Å²) in [6.45, 7) is 6.51. The van der Waals surface area contributed by atoms with Crippen LogP contribution in [0.1, 0.15) is 17.5 Å². The number of methoxy groups -OCH3 is 1. The van der Waals surface area contributed by atoms with Crippen LogP contribution in [0.3, 0.4) is 0 Å². The number of ether oxygens (including phenoxy) is 2. The Hall–Kier alpha value is -2.98. The highest BCUT2D eigenvalue weighted by molar-refractivity contribution is 5.82. The lowest BCUT2D eigenvalue weighted by Gasteiger charge is -2.49. The molecule has 5 rings (SSSR count). The monoisotopic (exact) mass is 532 g/mol. The Morgan fingerprint density at radius 3 is 2.63 bits per heavy atom. The van der Waals surface area contributed by atoms with Gasteiger partial charge in [0.25, 0.3) is 0 Å². The minimum Gasteiger partial charge on any atom is -0.495 e. The van der Waals surface area contributed by atoms with Crippen molar-refractivity contribution < 1.29 is 27.4 Å². The first-order chi connectivity index (χ1) is 18.3. The van der Waals surface area contributed by atoms with E-state index in [1.54, 1.807) is 13.2 Å². The fourth-order valence-corrected chi connectivity index (χ4v) is 5.88. The van der Waals surface area contributed by atoms with E-state index in [1.807, 2.05) is 24.3 Å². The molecule has 2 saturated heterocycles. The predicted octanol–water partition coefficient (Wildman–Crippen LogP) is 3.42. The van der Waals surface area contributed by atoms with Gasteiger partial charge in [-0.2, -0.15) is 13.2 Å². The molecule has 38 heavy (non-hydrogen) atoms. The zero-order valence-corrected chi connectivity index (χ0v) is 21.7. The van der Waals surface area contributed by atoms with E-state index in [2.05, 4.69) is 20.0 Å². The number of amides is 1. The van der Waals surface area contributed by atoms with E-state index in [-0.39, 0.29) is 18.4 Å². The smallest absolute Gasteiger partial charge is 0.416 e. The Morgan fingerprint density at radius 2 is 1.87 bits per heavy atom. The van der Waals surface area contributed by atoms with Gasteiger partial charge >= 0.3 is 6.18 Å². The molecule has 0 saturated carbocycles. The number of rotatable bonds is 7. The van der Waals surface area contributed by atoms with Crippen molar-refractivity contribution in [1.29, 1.82) is 0 Å². The minimum absolute atomic E-state index is 0.105. The molecule has 3 aliphatic heterocycles. The van der Waals surface area contributed by atoms with Crippen LogP contribution in [0.5, 0.6) is 5.75 Å². The SMILES string of the molecule is COc1ccccc1N1CCN2c3ccc(C(F)(F)F)cc3C[C@H](C(=O)NCCCN3CCOCC3)[C@@H]2C1. The third-order valence-electron chi connectivity index (χ3n) is 7.86. The number of morpholine rings is 1. The number of nitrogens with one attached hydrogen (secondary N) is 1. The summed E-state index contributed by atoms with van der Waals surface area (Å²) in [5.74, 6) is 0.190. The summed E-state index contributed by atoms with van der Waals surface area (Å²) in [6.07, 6.45) is -3.34. The predicted molar refractivity (Wildman–Crippen MR) is 140 cm³/mol. The molecule has 7 nitrogen and oxygen atoms in total. The molecule has 2 aromatic rings. The van der Waals surface area contributed by atoms with Crippen LogP contribution < -0.4 is 19.9 Å². The Morgan fingerprint density at radius 1 is 1.08 bits per heavy atom. The van der Waals surface area contributed by atoms with Gasteiger partial charge in [0, 0.05) is 45.0 Å². The normalized spacial score (nSPS) is 22.0. The van der Waals surface area contributed by atoms with Gasteiger partial charge in [0.05, 0.1) is 43.5 Å². The number of hydrogen-bond donors (Lipinski definition) is 1. The molecule has 3 aliphatic rings. The largest absolute Gasteiger partial charge is 0.495 e. The van der Waals surface area contributed by atoms with E-state index in [9.17, 15) is 18.0 Å². The first-order valence-corrected chi connectivity index (χ1v) is 13.3. The van der Waals surface area contributed by atoms with Crippen molar-refractivity contribution in [2.45, 2.75) is 25.1 Å². The molecule has 2 fully saturated rings. The molecule has 0 bridgehead atoms. The molecule has 1 amide bonds. The van der Waals surface area contributed by atoms with Gasteiger partial charge in [0.1, 0.15) is 5.75 Å².